The van der Waals surface area contributed by atoms with Crippen molar-refractivity contribution in [3.63, 3.8) is 0 Å². The quantitative estimate of drug-likeness (QED) is 0.774. The normalized spacial score (nSPS) is 10.1. The van der Waals surface area contributed by atoms with Gasteiger partial charge < -0.3 is 10.1 Å². The SMILES string of the molecule is N#Cc1ccc2[nH]cc(CC(=O)O)c2c1. The summed E-state index contributed by atoms with van der Waals surface area (Å²) in [7, 11) is 0. The van der Waals surface area contributed by atoms with Crippen LogP contribution in [0.3, 0.4) is 0 Å². The van der Waals surface area contributed by atoms with Gasteiger partial charge in [-0.05, 0) is 23.8 Å². The lowest BCUT2D eigenvalue weighted by molar-refractivity contribution is -0.136. The molecule has 0 aliphatic heterocycles. The third-order valence-corrected chi connectivity index (χ3v) is 2.24. The zero-order valence-corrected chi connectivity index (χ0v) is 7.82. The lowest BCUT2D eigenvalue weighted by Gasteiger charge is -1.95. The fourth-order valence-corrected chi connectivity index (χ4v) is 1.56. The maximum Gasteiger partial charge on any atom is 0.307 e. The molecule has 2 aromatic rings. The van der Waals surface area contributed by atoms with E-state index < -0.39 is 5.97 Å². The molecule has 74 valence electrons. The van der Waals surface area contributed by atoms with Crippen LogP contribution in [0.5, 0.6) is 0 Å². The predicted octanol–water partition coefficient (Wildman–Crippen LogP) is 1.67. The van der Waals surface area contributed by atoms with Gasteiger partial charge in [0, 0.05) is 17.1 Å². The second kappa shape index (κ2) is 3.46. The van der Waals surface area contributed by atoms with E-state index in [4.69, 9.17) is 10.4 Å². The average molecular weight is 200 g/mol. The van der Waals surface area contributed by atoms with Gasteiger partial charge in [-0.2, -0.15) is 5.26 Å². The van der Waals surface area contributed by atoms with Gasteiger partial charge >= 0.3 is 5.97 Å². The number of carboxylic acid groups (broad SMARTS) is 1. The third-order valence-electron chi connectivity index (χ3n) is 2.24. The Balaban J connectivity index is 2.57. The lowest BCUT2D eigenvalue weighted by atomic mass is 10.1. The van der Waals surface area contributed by atoms with Crippen molar-refractivity contribution in [2.45, 2.75) is 6.42 Å². The number of H-pyrrole nitrogens is 1. The largest absolute Gasteiger partial charge is 0.481 e. The summed E-state index contributed by atoms with van der Waals surface area (Å²) in [5.74, 6) is -0.877. The summed E-state index contributed by atoms with van der Waals surface area (Å²) in [6, 6.07) is 7.20. The molecule has 1 aromatic carbocycles. The fraction of sp³-hybridized carbons (Fsp3) is 0.0909. The number of carbonyl (C=O) groups is 1. The maximum absolute atomic E-state index is 10.6. The number of rotatable bonds is 2. The number of aromatic amines is 1. The minimum atomic E-state index is -0.877. The summed E-state index contributed by atoms with van der Waals surface area (Å²) < 4.78 is 0. The monoisotopic (exact) mass is 200 g/mol. The second-order valence-corrected chi connectivity index (χ2v) is 3.26. The number of hydrogen-bond donors (Lipinski definition) is 2. The van der Waals surface area contributed by atoms with E-state index in [0.717, 1.165) is 10.9 Å². The first-order valence-corrected chi connectivity index (χ1v) is 4.42. The molecule has 0 saturated heterocycles. The van der Waals surface area contributed by atoms with Crippen LogP contribution >= 0.6 is 0 Å². The van der Waals surface area contributed by atoms with Crippen molar-refractivity contribution < 1.29 is 9.90 Å². The van der Waals surface area contributed by atoms with Crippen molar-refractivity contribution in [3.05, 3.63) is 35.5 Å². The van der Waals surface area contributed by atoms with Gasteiger partial charge in [0.25, 0.3) is 0 Å². The van der Waals surface area contributed by atoms with Crippen LogP contribution in [0.15, 0.2) is 24.4 Å². The number of nitrogens with one attached hydrogen (secondary N) is 1. The molecular formula is C11H8N2O2. The highest BCUT2D eigenvalue weighted by Crippen LogP contribution is 2.19. The van der Waals surface area contributed by atoms with Gasteiger partial charge in [0.1, 0.15) is 0 Å². The molecule has 1 heterocycles. The predicted molar refractivity (Wildman–Crippen MR) is 54.4 cm³/mol. The number of carboxylic acids is 1. The van der Waals surface area contributed by atoms with Gasteiger partial charge in [-0.1, -0.05) is 0 Å². The summed E-state index contributed by atoms with van der Waals surface area (Å²) in [5, 5.41) is 18.2. The molecule has 1 aromatic heterocycles. The van der Waals surface area contributed by atoms with Crippen molar-refractivity contribution in [1.82, 2.24) is 4.98 Å². The Hall–Kier alpha value is -2.28. The molecule has 4 heteroatoms. The highest BCUT2D eigenvalue weighted by molar-refractivity contribution is 5.87. The minimum Gasteiger partial charge on any atom is -0.481 e. The van der Waals surface area contributed by atoms with E-state index >= 15 is 0 Å². The molecule has 2 N–H and O–H groups in total. The van der Waals surface area contributed by atoms with Gasteiger partial charge in [0.2, 0.25) is 0 Å². The molecule has 0 fully saturated rings. The third kappa shape index (κ3) is 1.67. The molecule has 0 aliphatic carbocycles. The molecule has 0 bridgehead atoms. The lowest BCUT2D eigenvalue weighted by Crippen LogP contribution is -1.98. The van der Waals surface area contributed by atoms with Crippen molar-refractivity contribution in [1.29, 1.82) is 5.26 Å². The topological polar surface area (TPSA) is 76.9 Å². The van der Waals surface area contributed by atoms with Gasteiger partial charge in [-0.15, -0.1) is 0 Å². The van der Waals surface area contributed by atoms with E-state index in [9.17, 15) is 4.79 Å². The molecule has 0 saturated carbocycles. The molecule has 0 unspecified atom stereocenters. The van der Waals surface area contributed by atoms with E-state index in [-0.39, 0.29) is 6.42 Å². The Bertz CT molecular complexity index is 563. The molecule has 0 radical (unpaired) electrons. The van der Waals surface area contributed by atoms with Gasteiger partial charge in [0.05, 0.1) is 18.1 Å². The summed E-state index contributed by atoms with van der Waals surface area (Å²) in [6.45, 7) is 0. The summed E-state index contributed by atoms with van der Waals surface area (Å²) in [4.78, 5) is 13.6. The Morgan fingerprint density at radius 1 is 1.53 bits per heavy atom. The molecule has 2 rings (SSSR count). The molecular weight excluding hydrogens is 192 g/mol. The van der Waals surface area contributed by atoms with Crippen LogP contribution in [0.25, 0.3) is 10.9 Å². The van der Waals surface area contributed by atoms with Crippen LogP contribution in [-0.2, 0) is 11.2 Å². The smallest absolute Gasteiger partial charge is 0.307 e. The Kier molecular flexibility index (Phi) is 2.14. The first kappa shape index (κ1) is 9.28. The second-order valence-electron chi connectivity index (χ2n) is 3.26. The molecule has 0 atom stereocenters. The first-order chi connectivity index (χ1) is 7.20. The van der Waals surface area contributed by atoms with E-state index in [2.05, 4.69) is 4.98 Å². The highest BCUT2D eigenvalue weighted by Gasteiger charge is 2.07. The Morgan fingerprint density at radius 3 is 3.00 bits per heavy atom. The highest BCUT2D eigenvalue weighted by atomic mass is 16.4. The summed E-state index contributed by atoms with van der Waals surface area (Å²) >= 11 is 0. The van der Waals surface area contributed by atoms with Gasteiger partial charge in [0.15, 0.2) is 0 Å². The van der Waals surface area contributed by atoms with Crippen molar-refractivity contribution >= 4 is 16.9 Å². The summed E-state index contributed by atoms with van der Waals surface area (Å²) in [6.07, 6.45) is 1.63. The van der Waals surface area contributed by atoms with Crippen LogP contribution < -0.4 is 0 Å². The van der Waals surface area contributed by atoms with Crippen molar-refractivity contribution in [2.75, 3.05) is 0 Å². The number of aromatic nitrogens is 1. The van der Waals surface area contributed by atoms with Crippen LogP contribution in [-0.4, -0.2) is 16.1 Å². The maximum atomic E-state index is 10.6. The number of hydrogen-bond acceptors (Lipinski definition) is 2. The van der Waals surface area contributed by atoms with E-state index in [1.165, 1.54) is 0 Å². The number of benzene rings is 1. The van der Waals surface area contributed by atoms with Gasteiger partial charge in [-0.25, -0.2) is 0 Å². The van der Waals surface area contributed by atoms with Crippen LogP contribution in [0.4, 0.5) is 0 Å². The van der Waals surface area contributed by atoms with Crippen molar-refractivity contribution in [2.24, 2.45) is 0 Å². The fourth-order valence-electron chi connectivity index (χ4n) is 1.56. The number of nitrogens with zero attached hydrogens (tertiary/aromatic N) is 1. The number of fused-ring (bicyclic) bond motifs is 1. The first-order valence-electron chi connectivity index (χ1n) is 4.42. The zero-order valence-electron chi connectivity index (χ0n) is 7.82. The number of nitriles is 1. The zero-order chi connectivity index (χ0) is 10.8. The molecule has 0 spiro atoms. The Morgan fingerprint density at radius 2 is 2.33 bits per heavy atom. The van der Waals surface area contributed by atoms with Crippen LogP contribution in [0.2, 0.25) is 0 Å². The molecule has 0 aliphatic rings. The molecule has 4 nitrogen and oxygen atoms in total. The van der Waals surface area contributed by atoms with E-state index in [1.54, 1.807) is 24.4 Å². The number of aliphatic carboxylic acids is 1. The average Bonchev–Trinajstić information content (AvgIpc) is 2.60. The van der Waals surface area contributed by atoms with Crippen LogP contribution in [0, 0.1) is 11.3 Å². The minimum absolute atomic E-state index is 0.0329. The molecule has 15 heavy (non-hydrogen) atoms. The van der Waals surface area contributed by atoms with Crippen molar-refractivity contribution in [3.8, 4) is 6.07 Å². The van der Waals surface area contributed by atoms with E-state index in [1.807, 2.05) is 6.07 Å². The molecule has 0 amide bonds. The van der Waals surface area contributed by atoms with Gasteiger partial charge in [-0.3, -0.25) is 4.79 Å². The standard InChI is InChI=1S/C11H8N2O2/c12-5-7-1-2-10-9(3-7)8(6-13-10)4-11(14)15/h1-3,6,13H,4H2,(H,14,15). The Labute approximate surface area is 85.8 Å². The summed E-state index contributed by atoms with van der Waals surface area (Å²) in [5.41, 5.74) is 2.09. The van der Waals surface area contributed by atoms with Crippen LogP contribution in [0.1, 0.15) is 11.1 Å². The van der Waals surface area contributed by atoms with E-state index in [0.29, 0.717) is 11.1 Å².